The largest absolute Gasteiger partial charge is 0.382 e. The standard InChI is InChI=1S/C23H29N5O2S/c1-2-9-27-16-19(14-25-27)18-12-17-5-8-24-15-22(17)23(13-18)26-20-6-10-28(11-7-20)31(29,30)21-3-4-21/h5,8,12-16,20-21,26H,2-4,6-7,9-11H2,1H3. The molecule has 1 aromatic carbocycles. The van der Waals surface area contributed by atoms with Gasteiger partial charge in [0.15, 0.2) is 0 Å². The number of nitrogens with one attached hydrogen (secondary N) is 1. The molecule has 3 aromatic rings. The number of pyridine rings is 1. The number of fused-ring (bicyclic) bond motifs is 1. The van der Waals surface area contributed by atoms with Crippen molar-refractivity contribution in [1.82, 2.24) is 19.1 Å². The van der Waals surface area contributed by atoms with Gasteiger partial charge in [-0.25, -0.2) is 12.7 Å². The predicted molar refractivity (Wildman–Crippen MR) is 123 cm³/mol. The molecule has 0 unspecified atom stereocenters. The van der Waals surface area contributed by atoms with Crippen LogP contribution in [-0.4, -0.2) is 51.9 Å². The van der Waals surface area contributed by atoms with Gasteiger partial charge >= 0.3 is 0 Å². The van der Waals surface area contributed by atoms with Crippen molar-refractivity contribution >= 4 is 26.5 Å². The van der Waals surface area contributed by atoms with Gasteiger partial charge in [0.25, 0.3) is 0 Å². The lowest BCUT2D eigenvalue weighted by molar-refractivity contribution is 0.329. The van der Waals surface area contributed by atoms with Crippen molar-refractivity contribution in [1.29, 1.82) is 0 Å². The zero-order chi connectivity index (χ0) is 21.4. The summed E-state index contributed by atoms with van der Waals surface area (Å²) in [6, 6.07) is 6.63. The summed E-state index contributed by atoms with van der Waals surface area (Å²) in [7, 11) is -3.08. The van der Waals surface area contributed by atoms with Crippen LogP contribution < -0.4 is 5.32 Å². The number of benzene rings is 1. The molecule has 0 radical (unpaired) electrons. The Morgan fingerprint density at radius 3 is 2.65 bits per heavy atom. The topological polar surface area (TPSA) is 80.1 Å². The summed E-state index contributed by atoms with van der Waals surface area (Å²) >= 11 is 0. The number of hydrogen-bond acceptors (Lipinski definition) is 5. The SMILES string of the molecule is CCCn1cc(-c2cc(NC3CCN(S(=O)(=O)C4CC4)CC3)c3cnccc3c2)cn1. The molecule has 2 aromatic heterocycles. The lowest BCUT2D eigenvalue weighted by Gasteiger charge is -2.32. The monoisotopic (exact) mass is 439 g/mol. The first-order chi connectivity index (χ1) is 15.0. The molecule has 1 N–H and O–H groups in total. The minimum absolute atomic E-state index is 0.127. The van der Waals surface area contributed by atoms with E-state index in [0.717, 1.165) is 66.2 Å². The van der Waals surface area contributed by atoms with E-state index in [1.54, 1.807) is 4.31 Å². The van der Waals surface area contributed by atoms with E-state index in [4.69, 9.17) is 0 Å². The molecule has 0 atom stereocenters. The highest BCUT2D eigenvalue weighted by Gasteiger charge is 2.41. The van der Waals surface area contributed by atoms with E-state index in [2.05, 4.69) is 40.7 Å². The Balaban J connectivity index is 1.37. The van der Waals surface area contributed by atoms with Crippen molar-refractivity contribution < 1.29 is 8.42 Å². The third-order valence-corrected chi connectivity index (χ3v) is 8.69. The highest BCUT2D eigenvalue weighted by Crippen LogP contribution is 2.34. The van der Waals surface area contributed by atoms with Crippen molar-refractivity contribution in [3.05, 3.63) is 43.0 Å². The molecule has 2 fully saturated rings. The van der Waals surface area contributed by atoms with Crippen LogP contribution >= 0.6 is 0 Å². The molecule has 1 saturated heterocycles. The van der Waals surface area contributed by atoms with Crippen molar-refractivity contribution in [3.8, 4) is 11.1 Å². The number of rotatable bonds is 7. The average molecular weight is 440 g/mol. The van der Waals surface area contributed by atoms with Gasteiger partial charge < -0.3 is 5.32 Å². The maximum atomic E-state index is 12.5. The zero-order valence-electron chi connectivity index (χ0n) is 17.9. The number of anilines is 1. The van der Waals surface area contributed by atoms with Crippen LogP contribution in [0.2, 0.25) is 0 Å². The number of piperidine rings is 1. The first-order valence-electron chi connectivity index (χ1n) is 11.2. The van der Waals surface area contributed by atoms with E-state index in [-0.39, 0.29) is 11.3 Å². The van der Waals surface area contributed by atoms with Gasteiger partial charge in [-0.3, -0.25) is 9.67 Å². The van der Waals surface area contributed by atoms with Gasteiger partial charge in [0, 0.05) is 60.9 Å². The summed E-state index contributed by atoms with van der Waals surface area (Å²) in [4.78, 5) is 4.32. The van der Waals surface area contributed by atoms with E-state index >= 15 is 0 Å². The van der Waals surface area contributed by atoms with Crippen LogP contribution in [0.4, 0.5) is 5.69 Å². The zero-order valence-corrected chi connectivity index (χ0v) is 18.7. The highest BCUT2D eigenvalue weighted by molar-refractivity contribution is 7.90. The van der Waals surface area contributed by atoms with Gasteiger partial charge in [-0.15, -0.1) is 0 Å². The molecule has 5 rings (SSSR count). The molecule has 1 aliphatic heterocycles. The Morgan fingerprint density at radius 2 is 1.90 bits per heavy atom. The molecule has 0 spiro atoms. The Hall–Kier alpha value is -2.45. The fraction of sp³-hybridized carbons (Fsp3) is 0.478. The molecule has 2 aliphatic rings. The second-order valence-electron chi connectivity index (χ2n) is 8.67. The van der Waals surface area contributed by atoms with Crippen molar-refractivity contribution in [3.63, 3.8) is 0 Å². The van der Waals surface area contributed by atoms with E-state index in [1.165, 1.54) is 0 Å². The maximum absolute atomic E-state index is 12.5. The minimum Gasteiger partial charge on any atom is -0.382 e. The first kappa shape index (κ1) is 20.5. The van der Waals surface area contributed by atoms with E-state index in [9.17, 15) is 8.42 Å². The fourth-order valence-electron chi connectivity index (χ4n) is 4.40. The summed E-state index contributed by atoms with van der Waals surface area (Å²) in [6.07, 6.45) is 12.0. The molecule has 0 bridgehead atoms. The summed E-state index contributed by atoms with van der Waals surface area (Å²) in [5.41, 5.74) is 3.27. The van der Waals surface area contributed by atoms with Crippen LogP contribution in [0.15, 0.2) is 43.0 Å². The molecular formula is C23H29N5O2S. The summed E-state index contributed by atoms with van der Waals surface area (Å²) in [6.45, 7) is 4.24. The number of sulfonamides is 1. The number of hydrogen-bond donors (Lipinski definition) is 1. The summed E-state index contributed by atoms with van der Waals surface area (Å²) < 4.78 is 28.7. The first-order valence-corrected chi connectivity index (χ1v) is 12.7. The van der Waals surface area contributed by atoms with Gasteiger partial charge in [0.2, 0.25) is 10.0 Å². The van der Waals surface area contributed by atoms with Crippen LogP contribution in [0.1, 0.15) is 39.0 Å². The molecule has 0 amide bonds. The third kappa shape index (κ3) is 4.19. The molecular weight excluding hydrogens is 410 g/mol. The van der Waals surface area contributed by atoms with Crippen LogP contribution in [0, 0.1) is 0 Å². The number of aromatic nitrogens is 3. The van der Waals surface area contributed by atoms with Crippen LogP contribution in [0.5, 0.6) is 0 Å². The summed E-state index contributed by atoms with van der Waals surface area (Å²) in [5.74, 6) is 0. The lowest BCUT2D eigenvalue weighted by Crippen LogP contribution is -2.43. The average Bonchev–Trinajstić information content (AvgIpc) is 3.54. The summed E-state index contributed by atoms with van der Waals surface area (Å²) in [5, 5.41) is 10.3. The lowest BCUT2D eigenvalue weighted by atomic mass is 10.0. The quantitative estimate of drug-likeness (QED) is 0.604. The van der Waals surface area contributed by atoms with Gasteiger partial charge in [0.05, 0.1) is 11.4 Å². The van der Waals surface area contributed by atoms with Crippen molar-refractivity contribution in [2.24, 2.45) is 0 Å². The van der Waals surface area contributed by atoms with Crippen molar-refractivity contribution in [2.75, 3.05) is 18.4 Å². The van der Waals surface area contributed by atoms with E-state index in [0.29, 0.717) is 13.1 Å². The van der Waals surface area contributed by atoms with Crippen LogP contribution in [0.3, 0.4) is 0 Å². The molecule has 31 heavy (non-hydrogen) atoms. The second kappa shape index (κ2) is 8.24. The van der Waals surface area contributed by atoms with Crippen LogP contribution in [-0.2, 0) is 16.6 Å². The smallest absolute Gasteiger partial charge is 0.216 e. The highest BCUT2D eigenvalue weighted by atomic mass is 32.2. The molecule has 7 nitrogen and oxygen atoms in total. The van der Waals surface area contributed by atoms with Crippen molar-refractivity contribution in [2.45, 2.75) is 56.9 Å². The van der Waals surface area contributed by atoms with E-state index < -0.39 is 10.0 Å². The third-order valence-electron chi connectivity index (χ3n) is 6.29. The molecule has 1 saturated carbocycles. The molecule has 164 valence electrons. The maximum Gasteiger partial charge on any atom is 0.216 e. The van der Waals surface area contributed by atoms with E-state index in [1.807, 2.05) is 29.3 Å². The normalized spacial score (nSPS) is 18.5. The minimum atomic E-state index is -3.08. The second-order valence-corrected chi connectivity index (χ2v) is 10.9. The Labute approximate surface area is 183 Å². The number of nitrogens with zero attached hydrogens (tertiary/aromatic N) is 4. The van der Waals surface area contributed by atoms with Gasteiger partial charge in [-0.05, 0) is 61.3 Å². The Kier molecular flexibility index (Phi) is 5.44. The fourth-order valence-corrected chi connectivity index (χ4v) is 6.27. The molecule has 8 heteroatoms. The van der Waals surface area contributed by atoms with Gasteiger partial charge in [0.1, 0.15) is 0 Å². The Morgan fingerprint density at radius 1 is 1.10 bits per heavy atom. The molecule has 1 aliphatic carbocycles. The number of aryl methyl sites for hydroxylation is 1. The molecule has 3 heterocycles. The van der Waals surface area contributed by atoms with Crippen LogP contribution in [0.25, 0.3) is 21.9 Å². The predicted octanol–water partition coefficient (Wildman–Crippen LogP) is 3.88. The Bertz CT molecular complexity index is 1180. The van der Waals surface area contributed by atoms with Gasteiger partial charge in [-0.2, -0.15) is 5.10 Å². The van der Waals surface area contributed by atoms with Gasteiger partial charge in [-0.1, -0.05) is 6.92 Å².